The van der Waals surface area contributed by atoms with Crippen LogP contribution in [0.5, 0.6) is 0 Å². The fourth-order valence-electron chi connectivity index (χ4n) is 2.24. The lowest BCUT2D eigenvalue weighted by atomic mass is 9.93. The Kier molecular flexibility index (Phi) is 21.5. The number of carboxylic acids is 2. The number of rotatable bonds is 12. The average molecular weight is 471 g/mol. The SMILES string of the molecule is CC(C)CC(C)CCCC(C)OC(=O)OCC(N)C(=O)O.N[C@@H](CO)C(=O)O.O=C(O)O. The molecule has 0 aliphatic carbocycles. The molecular formula is C19H38N2O11. The van der Waals surface area contributed by atoms with Crippen LogP contribution in [0.15, 0.2) is 0 Å². The summed E-state index contributed by atoms with van der Waals surface area (Å²) in [5.41, 5.74) is 9.98. The fourth-order valence-corrected chi connectivity index (χ4v) is 2.24. The van der Waals surface area contributed by atoms with E-state index in [2.05, 4.69) is 25.5 Å². The van der Waals surface area contributed by atoms with Crippen molar-refractivity contribution in [3.63, 3.8) is 0 Å². The third kappa shape index (κ3) is 27.4. The molecule has 0 heterocycles. The lowest BCUT2D eigenvalue weighted by molar-refractivity contribution is -0.140. The van der Waals surface area contributed by atoms with Crippen molar-refractivity contribution in [2.75, 3.05) is 13.2 Å². The maximum absolute atomic E-state index is 11.3. The highest BCUT2D eigenvalue weighted by atomic mass is 16.7. The molecule has 13 nitrogen and oxygen atoms in total. The minimum absolute atomic E-state index is 0.246. The van der Waals surface area contributed by atoms with E-state index in [-0.39, 0.29) is 12.7 Å². The summed E-state index contributed by atoms with van der Waals surface area (Å²) in [6.45, 7) is 7.56. The van der Waals surface area contributed by atoms with E-state index >= 15 is 0 Å². The van der Waals surface area contributed by atoms with Gasteiger partial charge >= 0.3 is 24.2 Å². The van der Waals surface area contributed by atoms with Crippen molar-refractivity contribution in [3.05, 3.63) is 0 Å². The third-order valence-electron chi connectivity index (χ3n) is 3.69. The van der Waals surface area contributed by atoms with Gasteiger partial charge in [-0.05, 0) is 38.0 Å². The fraction of sp³-hybridized carbons (Fsp3) is 0.789. The molecule has 32 heavy (non-hydrogen) atoms. The molecule has 190 valence electrons. The maximum atomic E-state index is 11.3. The first kappa shape index (κ1) is 34.0. The highest BCUT2D eigenvalue weighted by molar-refractivity contribution is 5.73. The Hall–Kier alpha value is -2.64. The van der Waals surface area contributed by atoms with E-state index in [0.717, 1.165) is 19.3 Å². The van der Waals surface area contributed by atoms with Gasteiger partial charge in [0, 0.05) is 0 Å². The van der Waals surface area contributed by atoms with Gasteiger partial charge in [-0.1, -0.05) is 27.2 Å². The van der Waals surface area contributed by atoms with Crippen LogP contribution in [0.3, 0.4) is 0 Å². The van der Waals surface area contributed by atoms with Gasteiger partial charge in [0.1, 0.15) is 24.8 Å². The number of carboxylic acid groups (broad SMARTS) is 4. The van der Waals surface area contributed by atoms with Crippen molar-refractivity contribution in [3.8, 4) is 0 Å². The van der Waals surface area contributed by atoms with Crippen molar-refractivity contribution in [1.29, 1.82) is 0 Å². The van der Waals surface area contributed by atoms with Gasteiger partial charge in [-0.2, -0.15) is 0 Å². The van der Waals surface area contributed by atoms with Crippen molar-refractivity contribution in [2.24, 2.45) is 23.3 Å². The van der Waals surface area contributed by atoms with E-state index in [4.69, 9.17) is 46.5 Å². The molecule has 0 aliphatic heterocycles. The second kappa shape index (κ2) is 20.3. The zero-order chi connectivity index (χ0) is 25.9. The van der Waals surface area contributed by atoms with Crippen LogP contribution in [-0.2, 0) is 19.1 Å². The van der Waals surface area contributed by atoms with E-state index in [1.165, 1.54) is 6.42 Å². The highest BCUT2D eigenvalue weighted by Gasteiger charge is 2.17. The minimum atomic E-state index is -1.83. The van der Waals surface area contributed by atoms with Gasteiger partial charge < -0.3 is 46.5 Å². The maximum Gasteiger partial charge on any atom is 0.508 e. The molecule has 0 aromatic rings. The summed E-state index contributed by atoms with van der Waals surface area (Å²) in [5, 5.41) is 38.4. The quantitative estimate of drug-likeness (QED) is 0.200. The highest BCUT2D eigenvalue weighted by Crippen LogP contribution is 2.18. The molecule has 0 aliphatic rings. The predicted octanol–water partition coefficient (Wildman–Crippen LogP) is 1.41. The number of carbonyl (C=O) groups excluding carboxylic acids is 1. The topological polar surface area (TPSA) is 240 Å². The molecule has 3 unspecified atom stereocenters. The normalized spacial score (nSPS) is 13.8. The second-order valence-corrected chi connectivity index (χ2v) is 7.51. The number of hydrogen-bond donors (Lipinski definition) is 7. The van der Waals surface area contributed by atoms with Gasteiger partial charge in [0.25, 0.3) is 0 Å². The molecule has 0 fully saturated rings. The number of nitrogens with two attached hydrogens (primary N) is 2. The number of ether oxygens (including phenoxy) is 2. The molecule has 13 heteroatoms. The van der Waals surface area contributed by atoms with Crippen molar-refractivity contribution in [1.82, 2.24) is 0 Å². The third-order valence-corrected chi connectivity index (χ3v) is 3.69. The summed E-state index contributed by atoms with van der Waals surface area (Å²) in [7, 11) is 0. The summed E-state index contributed by atoms with van der Waals surface area (Å²) in [4.78, 5) is 40.0. The summed E-state index contributed by atoms with van der Waals surface area (Å²) < 4.78 is 9.68. The molecule has 0 saturated carbocycles. The summed E-state index contributed by atoms with van der Waals surface area (Å²) >= 11 is 0. The number of carbonyl (C=O) groups is 4. The van der Waals surface area contributed by atoms with E-state index in [0.29, 0.717) is 11.8 Å². The Morgan fingerprint density at radius 1 is 0.844 bits per heavy atom. The van der Waals surface area contributed by atoms with E-state index in [1.54, 1.807) is 6.92 Å². The summed E-state index contributed by atoms with van der Waals surface area (Å²) in [5.74, 6) is -1.03. The number of aliphatic carboxylic acids is 2. The van der Waals surface area contributed by atoms with Crippen LogP contribution < -0.4 is 11.5 Å². The van der Waals surface area contributed by atoms with Crippen molar-refractivity contribution < 1.29 is 54.2 Å². The lowest BCUT2D eigenvalue weighted by Gasteiger charge is -2.16. The standard InChI is InChI=1S/C15H29NO5.C3H7NO3.CH2O3/c1-10(2)8-11(3)6-5-7-12(4)21-15(19)20-9-13(16)14(17)18;4-2(1-5)3(6)7;2-1(3)4/h10-13H,5-9,16H2,1-4H3,(H,17,18);2,5H,1,4H2,(H,6,7);(H2,2,3,4)/t;2-;/m.0./s1. The first-order valence-electron chi connectivity index (χ1n) is 9.96. The largest absolute Gasteiger partial charge is 0.508 e. The second-order valence-electron chi connectivity index (χ2n) is 7.51. The smallest absolute Gasteiger partial charge is 0.480 e. The zero-order valence-electron chi connectivity index (χ0n) is 19.0. The summed E-state index contributed by atoms with van der Waals surface area (Å²) in [6, 6.07) is -2.34. The average Bonchev–Trinajstić information content (AvgIpc) is 2.64. The first-order valence-corrected chi connectivity index (χ1v) is 9.96. The van der Waals surface area contributed by atoms with Crippen LogP contribution in [0, 0.1) is 11.8 Å². The van der Waals surface area contributed by atoms with E-state index < -0.39 is 42.9 Å². The van der Waals surface area contributed by atoms with Gasteiger partial charge in [0.15, 0.2) is 0 Å². The van der Waals surface area contributed by atoms with E-state index in [9.17, 15) is 14.4 Å². The molecule has 0 spiro atoms. The van der Waals surface area contributed by atoms with Crippen LogP contribution in [0.1, 0.15) is 53.4 Å². The van der Waals surface area contributed by atoms with Crippen molar-refractivity contribution >= 4 is 24.2 Å². The molecule has 0 bridgehead atoms. The monoisotopic (exact) mass is 470 g/mol. The molecule has 0 radical (unpaired) electrons. The number of hydrogen-bond acceptors (Lipinski definition) is 9. The Labute approximate surface area is 187 Å². The van der Waals surface area contributed by atoms with Gasteiger partial charge in [-0.25, -0.2) is 9.59 Å². The van der Waals surface area contributed by atoms with Crippen LogP contribution in [0.4, 0.5) is 9.59 Å². The van der Waals surface area contributed by atoms with Crippen LogP contribution >= 0.6 is 0 Å². The van der Waals surface area contributed by atoms with Crippen LogP contribution in [0.2, 0.25) is 0 Å². The molecular weight excluding hydrogens is 432 g/mol. The van der Waals surface area contributed by atoms with Crippen molar-refractivity contribution in [2.45, 2.75) is 71.6 Å². The Balaban J connectivity index is -0.000000628. The molecule has 0 saturated heterocycles. The molecule has 9 N–H and O–H groups in total. The Morgan fingerprint density at radius 3 is 1.66 bits per heavy atom. The zero-order valence-corrected chi connectivity index (χ0v) is 19.0. The molecule has 0 rings (SSSR count). The molecule has 0 aromatic carbocycles. The minimum Gasteiger partial charge on any atom is -0.480 e. The first-order chi connectivity index (χ1) is 14.6. The van der Waals surface area contributed by atoms with Crippen LogP contribution in [0.25, 0.3) is 0 Å². The van der Waals surface area contributed by atoms with Crippen LogP contribution in [-0.4, -0.2) is 81.2 Å². The molecule has 0 amide bonds. The number of aliphatic hydroxyl groups excluding tert-OH is 1. The Morgan fingerprint density at radius 2 is 1.31 bits per heavy atom. The molecule has 0 aromatic heterocycles. The van der Waals surface area contributed by atoms with Gasteiger partial charge in [0.2, 0.25) is 0 Å². The predicted molar refractivity (Wildman–Crippen MR) is 113 cm³/mol. The van der Waals surface area contributed by atoms with E-state index in [1.807, 2.05) is 0 Å². The Bertz CT molecular complexity index is 539. The van der Waals surface area contributed by atoms with Gasteiger partial charge in [-0.3, -0.25) is 9.59 Å². The molecule has 4 atom stereocenters. The number of aliphatic hydroxyl groups is 1. The van der Waals surface area contributed by atoms with Gasteiger partial charge in [0.05, 0.1) is 6.61 Å². The summed E-state index contributed by atoms with van der Waals surface area (Å²) in [6.07, 6.45) is 1.11. The van der Waals surface area contributed by atoms with Gasteiger partial charge in [-0.15, -0.1) is 0 Å². The lowest BCUT2D eigenvalue weighted by Crippen LogP contribution is -2.36.